The highest BCUT2D eigenvalue weighted by molar-refractivity contribution is 5.78. The van der Waals surface area contributed by atoms with Crippen molar-refractivity contribution >= 4 is 12.1 Å². The van der Waals surface area contributed by atoms with Gasteiger partial charge in [-0.15, -0.1) is 0 Å². The summed E-state index contributed by atoms with van der Waals surface area (Å²) in [7, 11) is 1.55. The number of rotatable bonds is 6. The summed E-state index contributed by atoms with van der Waals surface area (Å²) in [5.41, 5.74) is 2.39. The van der Waals surface area contributed by atoms with Gasteiger partial charge in [-0.3, -0.25) is 4.79 Å². The highest BCUT2D eigenvalue weighted by atomic mass is 16.5. The first kappa shape index (κ1) is 14.0. The lowest BCUT2D eigenvalue weighted by Gasteiger charge is -2.09. The topological polar surface area (TPSA) is 59.9 Å². The van der Waals surface area contributed by atoms with E-state index in [1.54, 1.807) is 25.5 Å². The van der Waals surface area contributed by atoms with Crippen molar-refractivity contribution in [2.24, 2.45) is 11.0 Å². The summed E-state index contributed by atoms with van der Waals surface area (Å²) < 4.78 is 10.4. The van der Waals surface area contributed by atoms with Gasteiger partial charge in [0.15, 0.2) is 18.1 Å². The number of hydrazone groups is 1. The second-order valence-electron chi connectivity index (χ2n) is 4.00. The zero-order chi connectivity index (χ0) is 13.4. The number of carbonyl (C=O) groups is 1. The van der Waals surface area contributed by atoms with Gasteiger partial charge in [0, 0.05) is 6.21 Å². The molecule has 0 aliphatic rings. The quantitative estimate of drug-likeness (QED) is 0.619. The van der Waals surface area contributed by atoms with Crippen LogP contribution in [0.3, 0.4) is 0 Å². The third-order valence-corrected chi connectivity index (χ3v) is 1.99. The summed E-state index contributed by atoms with van der Waals surface area (Å²) in [6.07, 6.45) is 1.65. The van der Waals surface area contributed by atoms with Crippen molar-refractivity contribution in [1.29, 1.82) is 0 Å². The van der Waals surface area contributed by atoms with Gasteiger partial charge in [-0.25, -0.2) is 5.43 Å². The highest BCUT2D eigenvalue weighted by Gasteiger charge is 2.05. The number of methoxy groups -OCH3 is 1. The SMILES string of the molecule is COc1ccccc1OCC(=O)N/N=C/C(C)C. The van der Waals surface area contributed by atoms with Crippen molar-refractivity contribution in [2.75, 3.05) is 13.7 Å². The van der Waals surface area contributed by atoms with Crippen LogP contribution in [0, 0.1) is 5.92 Å². The van der Waals surface area contributed by atoms with Crippen molar-refractivity contribution in [3.8, 4) is 11.5 Å². The predicted molar refractivity (Wildman–Crippen MR) is 70.0 cm³/mol. The molecule has 1 aromatic carbocycles. The molecule has 0 spiro atoms. The van der Waals surface area contributed by atoms with Crippen molar-refractivity contribution in [2.45, 2.75) is 13.8 Å². The van der Waals surface area contributed by atoms with Crippen molar-refractivity contribution < 1.29 is 14.3 Å². The molecule has 0 saturated heterocycles. The molecule has 0 fully saturated rings. The van der Waals surface area contributed by atoms with Crippen LogP contribution in [-0.4, -0.2) is 25.8 Å². The van der Waals surface area contributed by atoms with E-state index in [1.807, 2.05) is 26.0 Å². The number of benzene rings is 1. The van der Waals surface area contributed by atoms with Gasteiger partial charge in [-0.05, 0) is 18.1 Å². The summed E-state index contributed by atoms with van der Waals surface area (Å²) in [6, 6.07) is 7.15. The summed E-state index contributed by atoms with van der Waals surface area (Å²) >= 11 is 0. The number of hydrogen-bond donors (Lipinski definition) is 1. The highest BCUT2D eigenvalue weighted by Crippen LogP contribution is 2.25. The summed E-state index contributed by atoms with van der Waals surface area (Å²) in [4.78, 5) is 11.4. The lowest BCUT2D eigenvalue weighted by molar-refractivity contribution is -0.123. The number of carbonyl (C=O) groups excluding carboxylic acids is 1. The molecule has 5 heteroatoms. The Morgan fingerprint density at radius 1 is 1.39 bits per heavy atom. The largest absolute Gasteiger partial charge is 0.493 e. The van der Waals surface area contributed by atoms with Gasteiger partial charge in [-0.1, -0.05) is 26.0 Å². The first-order valence-corrected chi connectivity index (χ1v) is 5.71. The molecular weight excluding hydrogens is 232 g/mol. The van der Waals surface area contributed by atoms with E-state index >= 15 is 0 Å². The average Bonchev–Trinajstić information content (AvgIpc) is 2.36. The predicted octanol–water partition coefficient (Wildman–Crippen LogP) is 1.83. The molecule has 1 N–H and O–H groups in total. The first-order chi connectivity index (χ1) is 8.63. The van der Waals surface area contributed by atoms with Gasteiger partial charge in [0.2, 0.25) is 0 Å². The Hall–Kier alpha value is -2.04. The molecule has 0 bridgehead atoms. The van der Waals surface area contributed by atoms with Crippen molar-refractivity contribution in [3.05, 3.63) is 24.3 Å². The maximum absolute atomic E-state index is 11.4. The smallest absolute Gasteiger partial charge is 0.277 e. The zero-order valence-electron chi connectivity index (χ0n) is 10.8. The van der Waals surface area contributed by atoms with Crippen molar-refractivity contribution in [1.82, 2.24) is 5.43 Å². The van der Waals surface area contributed by atoms with E-state index in [4.69, 9.17) is 9.47 Å². The third-order valence-electron chi connectivity index (χ3n) is 1.99. The van der Waals surface area contributed by atoms with Crippen LogP contribution in [0.2, 0.25) is 0 Å². The van der Waals surface area contributed by atoms with E-state index in [0.29, 0.717) is 17.4 Å². The van der Waals surface area contributed by atoms with Crippen LogP contribution in [-0.2, 0) is 4.79 Å². The van der Waals surface area contributed by atoms with Crippen molar-refractivity contribution in [3.63, 3.8) is 0 Å². The van der Waals surface area contributed by atoms with Gasteiger partial charge in [0.1, 0.15) is 0 Å². The van der Waals surface area contributed by atoms with Crippen LogP contribution >= 0.6 is 0 Å². The fourth-order valence-electron chi connectivity index (χ4n) is 1.17. The molecule has 0 heterocycles. The summed E-state index contributed by atoms with van der Waals surface area (Å²) in [6.45, 7) is 3.85. The van der Waals surface area contributed by atoms with Crippen LogP contribution < -0.4 is 14.9 Å². The van der Waals surface area contributed by atoms with Gasteiger partial charge < -0.3 is 9.47 Å². The molecule has 0 unspecified atom stereocenters. The lowest BCUT2D eigenvalue weighted by atomic mass is 10.3. The number of hydrogen-bond acceptors (Lipinski definition) is 4. The maximum Gasteiger partial charge on any atom is 0.277 e. The molecule has 0 saturated carbocycles. The van der Waals surface area contributed by atoms with Gasteiger partial charge in [-0.2, -0.15) is 5.10 Å². The number of nitrogens with one attached hydrogen (secondary N) is 1. The molecule has 0 aliphatic carbocycles. The molecule has 1 aromatic rings. The van der Waals surface area contributed by atoms with Gasteiger partial charge in [0.25, 0.3) is 5.91 Å². The Kier molecular flexibility index (Phi) is 5.70. The maximum atomic E-state index is 11.4. The molecule has 1 rings (SSSR count). The molecule has 98 valence electrons. The van der Waals surface area contributed by atoms with E-state index in [2.05, 4.69) is 10.5 Å². The molecule has 1 amide bonds. The number of amides is 1. The van der Waals surface area contributed by atoms with Crippen LogP contribution in [0.1, 0.15) is 13.8 Å². The number of ether oxygens (including phenoxy) is 2. The molecule has 18 heavy (non-hydrogen) atoms. The Morgan fingerprint density at radius 2 is 2.06 bits per heavy atom. The number of nitrogens with zero attached hydrogens (tertiary/aromatic N) is 1. The lowest BCUT2D eigenvalue weighted by Crippen LogP contribution is -2.24. The fraction of sp³-hybridized carbons (Fsp3) is 0.385. The van der Waals surface area contributed by atoms with E-state index in [9.17, 15) is 4.79 Å². The standard InChI is InChI=1S/C13H18N2O3/c1-10(2)8-14-15-13(16)9-18-12-7-5-4-6-11(12)17-3/h4-8,10H,9H2,1-3H3,(H,15,16)/b14-8+. The first-order valence-electron chi connectivity index (χ1n) is 5.71. The molecule has 0 atom stereocenters. The zero-order valence-corrected chi connectivity index (χ0v) is 10.8. The normalized spacial score (nSPS) is 10.7. The minimum Gasteiger partial charge on any atom is -0.493 e. The Morgan fingerprint density at radius 3 is 2.67 bits per heavy atom. The second-order valence-corrected chi connectivity index (χ2v) is 4.00. The van der Waals surface area contributed by atoms with E-state index in [-0.39, 0.29) is 12.5 Å². The van der Waals surface area contributed by atoms with Gasteiger partial charge >= 0.3 is 0 Å². The average molecular weight is 250 g/mol. The Balaban J connectivity index is 2.42. The second kappa shape index (κ2) is 7.32. The summed E-state index contributed by atoms with van der Waals surface area (Å²) in [5, 5.41) is 3.79. The molecular formula is C13H18N2O3. The monoisotopic (exact) mass is 250 g/mol. The van der Waals surface area contributed by atoms with Crippen LogP contribution in [0.5, 0.6) is 11.5 Å². The van der Waals surface area contributed by atoms with Crippen LogP contribution in [0.25, 0.3) is 0 Å². The fourth-order valence-corrected chi connectivity index (χ4v) is 1.17. The van der Waals surface area contributed by atoms with E-state index in [0.717, 1.165) is 0 Å². The minimum atomic E-state index is -0.308. The summed E-state index contributed by atoms with van der Waals surface area (Å²) in [5.74, 6) is 1.11. The Labute approximate surface area is 107 Å². The minimum absolute atomic E-state index is 0.101. The third kappa shape index (κ3) is 4.86. The Bertz CT molecular complexity index is 416. The molecule has 0 aromatic heterocycles. The van der Waals surface area contributed by atoms with E-state index < -0.39 is 0 Å². The molecule has 0 aliphatic heterocycles. The molecule has 5 nitrogen and oxygen atoms in total. The van der Waals surface area contributed by atoms with Crippen LogP contribution in [0.15, 0.2) is 29.4 Å². The van der Waals surface area contributed by atoms with Gasteiger partial charge in [0.05, 0.1) is 7.11 Å². The van der Waals surface area contributed by atoms with E-state index in [1.165, 1.54) is 0 Å². The number of para-hydroxylation sites is 2. The van der Waals surface area contributed by atoms with Crippen LogP contribution in [0.4, 0.5) is 0 Å². The molecule has 0 radical (unpaired) electrons.